The molecule has 1 aromatic carbocycles. The summed E-state index contributed by atoms with van der Waals surface area (Å²) < 4.78 is 0. The minimum atomic E-state index is 0.254. The zero-order valence-electron chi connectivity index (χ0n) is 8.75. The Morgan fingerprint density at radius 3 is 2.17 bits per heavy atom. The predicted molar refractivity (Wildman–Crippen MR) is 75.1 cm³/mol. The molecule has 0 radical (unpaired) electrons. The van der Waals surface area contributed by atoms with Crippen molar-refractivity contribution in [3.8, 4) is 11.1 Å². The third kappa shape index (κ3) is 2.47. The number of rotatable bonds is 2. The quantitative estimate of drug-likeness (QED) is 0.564. The molecule has 0 aliphatic heterocycles. The molecule has 2 aromatic rings. The minimum absolute atomic E-state index is 0.254. The van der Waals surface area contributed by atoms with Crippen LogP contribution in [0.1, 0.15) is 10.4 Å². The minimum Gasteiger partial charge on any atom is -0.298 e. The van der Waals surface area contributed by atoms with Gasteiger partial charge >= 0.3 is 0 Å². The molecule has 0 fully saturated rings. The highest BCUT2D eigenvalue weighted by Crippen LogP contribution is 2.37. The van der Waals surface area contributed by atoms with Gasteiger partial charge in [-0.25, -0.2) is 0 Å². The lowest BCUT2D eigenvalue weighted by molar-refractivity contribution is 0.112. The molecule has 0 bridgehead atoms. The highest BCUT2D eigenvalue weighted by atomic mass is 35.5. The van der Waals surface area contributed by atoms with Crippen LogP contribution in [0.2, 0.25) is 20.1 Å². The van der Waals surface area contributed by atoms with Gasteiger partial charge in [0.05, 0.1) is 20.1 Å². The molecule has 0 aliphatic rings. The summed E-state index contributed by atoms with van der Waals surface area (Å²) in [6.45, 7) is 0. The number of benzene rings is 1. The fraction of sp³-hybridized carbons (Fsp3) is 0. The third-order valence-corrected chi connectivity index (χ3v) is 3.69. The van der Waals surface area contributed by atoms with Crippen molar-refractivity contribution in [2.75, 3.05) is 0 Å². The van der Waals surface area contributed by atoms with Crippen molar-refractivity contribution >= 4 is 52.7 Å². The number of hydrogen-bond donors (Lipinski definition) is 0. The first kappa shape index (κ1) is 13.6. The molecular weight excluding hydrogens is 316 g/mol. The number of nitrogens with zero attached hydrogens (tertiary/aromatic N) is 1. The van der Waals surface area contributed by atoms with E-state index in [-0.39, 0.29) is 5.02 Å². The van der Waals surface area contributed by atoms with E-state index in [4.69, 9.17) is 46.4 Å². The molecule has 2 rings (SSSR count). The maximum absolute atomic E-state index is 11.1. The second kappa shape index (κ2) is 5.45. The van der Waals surface area contributed by atoms with Crippen molar-refractivity contribution < 1.29 is 4.79 Å². The summed E-state index contributed by atoms with van der Waals surface area (Å²) in [6, 6.07) is 3.09. The van der Waals surface area contributed by atoms with Gasteiger partial charge in [-0.2, -0.15) is 0 Å². The highest BCUT2D eigenvalue weighted by molar-refractivity contribution is 6.44. The lowest BCUT2D eigenvalue weighted by Gasteiger charge is -2.09. The largest absolute Gasteiger partial charge is 0.298 e. The van der Waals surface area contributed by atoms with Crippen molar-refractivity contribution in [3.63, 3.8) is 0 Å². The summed E-state index contributed by atoms with van der Waals surface area (Å²) in [5.74, 6) is 0. The first-order valence-corrected chi connectivity index (χ1v) is 6.29. The normalized spacial score (nSPS) is 10.4. The first-order valence-electron chi connectivity index (χ1n) is 4.78. The van der Waals surface area contributed by atoms with Crippen molar-refractivity contribution in [1.29, 1.82) is 0 Å². The summed E-state index contributed by atoms with van der Waals surface area (Å²) in [6.07, 6.45) is 3.54. The van der Waals surface area contributed by atoms with Crippen molar-refractivity contribution in [1.82, 2.24) is 4.98 Å². The van der Waals surface area contributed by atoms with E-state index in [0.29, 0.717) is 38.0 Å². The Morgan fingerprint density at radius 2 is 1.50 bits per heavy atom. The summed E-state index contributed by atoms with van der Waals surface area (Å²) in [4.78, 5) is 15.0. The zero-order valence-corrected chi connectivity index (χ0v) is 11.8. The van der Waals surface area contributed by atoms with Gasteiger partial charge < -0.3 is 0 Å². The Hall–Kier alpha value is -0.800. The van der Waals surface area contributed by atoms with E-state index in [1.165, 1.54) is 18.5 Å². The molecule has 1 heterocycles. The molecule has 18 heavy (non-hydrogen) atoms. The van der Waals surface area contributed by atoms with E-state index in [0.717, 1.165) is 0 Å². The molecule has 0 unspecified atom stereocenters. The monoisotopic (exact) mass is 319 g/mol. The number of pyridine rings is 1. The number of carbonyl (C=O) groups excluding carboxylic acids is 1. The van der Waals surface area contributed by atoms with Crippen LogP contribution in [0.4, 0.5) is 0 Å². The van der Waals surface area contributed by atoms with Gasteiger partial charge in [-0.15, -0.1) is 0 Å². The van der Waals surface area contributed by atoms with E-state index >= 15 is 0 Å². The van der Waals surface area contributed by atoms with Crippen LogP contribution in [-0.2, 0) is 0 Å². The van der Waals surface area contributed by atoms with Crippen LogP contribution in [-0.4, -0.2) is 11.3 Å². The molecular formula is C12H5Cl4NO. The van der Waals surface area contributed by atoms with Gasteiger partial charge in [0.1, 0.15) is 0 Å². The predicted octanol–water partition coefficient (Wildman–Crippen LogP) is 5.17. The van der Waals surface area contributed by atoms with Crippen LogP contribution in [0.15, 0.2) is 24.5 Å². The summed E-state index contributed by atoms with van der Waals surface area (Å²) in [5, 5.41) is 1.31. The van der Waals surface area contributed by atoms with Gasteiger partial charge in [0.15, 0.2) is 6.29 Å². The zero-order chi connectivity index (χ0) is 13.3. The Balaban J connectivity index is 2.73. The Labute approximate surface area is 123 Å². The molecule has 0 aliphatic carbocycles. The second-order valence-electron chi connectivity index (χ2n) is 3.45. The molecule has 0 amide bonds. The van der Waals surface area contributed by atoms with Crippen LogP contribution in [0.3, 0.4) is 0 Å². The SMILES string of the molecule is O=Cc1c(Cl)cncc1-c1cc(Cl)c(Cl)cc1Cl. The molecule has 1 aromatic heterocycles. The fourth-order valence-electron chi connectivity index (χ4n) is 1.51. The molecule has 6 heteroatoms. The van der Waals surface area contributed by atoms with Gasteiger partial charge in [-0.05, 0) is 12.1 Å². The molecule has 0 N–H and O–H groups in total. The first-order chi connectivity index (χ1) is 8.54. The number of halogens is 4. The van der Waals surface area contributed by atoms with Gasteiger partial charge in [-0.1, -0.05) is 46.4 Å². The second-order valence-corrected chi connectivity index (χ2v) is 5.08. The van der Waals surface area contributed by atoms with E-state index in [2.05, 4.69) is 4.98 Å². The Kier molecular flexibility index (Phi) is 4.13. The van der Waals surface area contributed by atoms with Gasteiger partial charge in [0.2, 0.25) is 0 Å². The number of hydrogen-bond acceptors (Lipinski definition) is 2. The molecule has 0 atom stereocenters. The fourth-order valence-corrected chi connectivity index (χ4v) is 2.36. The number of aldehydes is 1. The van der Waals surface area contributed by atoms with Crippen LogP contribution < -0.4 is 0 Å². The van der Waals surface area contributed by atoms with Crippen molar-refractivity contribution in [2.45, 2.75) is 0 Å². The average molecular weight is 321 g/mol. The van der Waals surface area contributed by atoms with Crippen LogP contribution in [0.5, 0.6) is 0 Å². The van der Waals surface area contributed by atoms with E-state index in [1.54, 1.807) is 6.07 Å². The summed E-state index contributed by atoms with van der Waals surface area (Å²) in [7, 11) is 0. The lowest BCUT2D eigenvalue weighted by Crippen LogP contribution is -1.92. The molecule has 92 valence electrons. The van der Waals surface area contributed by atoms with Crippen LogP contribution >= 0.6 is 46.4 Å². The average Bonchev–Trinajstić information content (AvgIpc) is 2.33. The summed E-state index contributed by atoms with van der Waals surface area (Å²) >= 11 is 23.8. The third-order valence-electron chi connectivity index (χ3n) is 2.36. The maximum Gasteiger partial charge on any atom is 0.152 e. The standard InChI is InChI=1S/C12H5Cl4NO/c13-9-2-11(15)10(14)1-6(9)7-3-17-4-12(16)8(7)5-18/h1-5H. The van der Waals surface area contributed by atoms with Gasteiger partial charge in [-0.3, -0.25) is 9.78 Å². The molecule has 0 saturated carbocycles. The van der Waals surface area contributed by atoms with Crippen molar-refractivity contribution in [2.24, 2.45) is 0 Å². The van der Waals surface area contributed by atoms with E-state index in [1.807, 2.05) is 0 Å². The van der Waals surface area contributed by atoms with E-state index in [9.17, 15) is 4.79 Å². The molecule has 0 spiro atoms. The molecule has 0 saturated heterocycles. The Morgan fingerprint density at radius 1 is 0.833 bits per heavy atom. The van der Waals surface area contributed by atoms with Crippen LogP contribution in [0.25, 0.3) is 11.1 Å². The number of aromatic nitrogens is 1. The van der Waals surface area contributed by atoms with E-state index < -0.39 is 0 Å². The Bertz CT molecular complexity index is 628. The van der Waals surface area contributed by atoms with Gasteiger partial charge in [0, 0.05) is 29.1 Å². The smallest absolute Gasteiger partial charge is 0.152 e. The summed E-state index contributed by atoms with van der Waals surface area (Å²) in [5.41, 5.74) is 1.39. The molecule has 2 nitrogen and oxygen atoms in total. The van der Waals surface area contributed by atoms with Crippen LogP contribution in [0, 0.1) is 0 Å². The lowest BCUT2D eigenvalue weighted by atomic mass is 10.0. The topological polar surface area (TPSA) is 30.0 Å². The highest BCUT2D eigenvalue weighted by Gasteiger charge is 2.14. The number of carbonyl (C=O) groups is 1. The van der Waals surface area contributed by atoms with Gasteiger partial charge in [0.25, 0.3) is 0 Å². The van der Waals surface area contributed by atoms with Crippen molar-refractivity contribution in [3.05, 3.63) is 50.2 Å². The maximum atomic E-state index is 11.1.